The molecule has 1 fully saturated rings. The highest BCUT2D eigenvalue weighted by Crippen LogP contribution is 2.39. The normalized spacial score (nSPS) is 15.0. The Kier molecular flexibility index (Phi) is 3.92. The van der Waals surface area contributed by atoms with Crippen molar-refractivity contribution in [2.75, 3.05) is 10.6 Å². The van der Waals surface area contributed by atoms with Gasteiger partial charge < -0.3 is 10.6 Å². The van der Waals surface area contributed by atoms with E-state index in [0.717, 1.165) is 18.1 Å². The third kappa shape index (κ3) is 3.67. The summed E-state index contributed by atoms with van der Waals surface area (Å²) in [4.78, 5) is 20.3. The van der Waals surface area contributed by atoms with Crippen LogP contribution in [0.15, 0.2) is 24.8 Å². The van der Waals surface area contributed by atoms with Gasteiger partial charge in [-0.05, 0) is 19.8 Å². The van der Waals surface area contributed by atoms with Crippen LogP contribution in [0, 0.1) is 5.82 Å². The Morgan fingerprint density at radius 3 is 2.68 bits per heavy atom. The second kappa shape index (κ2) is 6.38. The van der Waals surface area contributed by atoms with Crippen molar-refractivity contribution in [1.82, 2.24) is 35.1 Å². The van der Waals surface area contributed by atoms with E-state index in [-0.39, 0.29) is 6.04 Å². The number of nitrogens with zero attached hydrogens (tertiary/aromatic N) is 6. The summed E-state index contributed by atoms with van der Waals surface area (Å²) in [6.45, 7) is 1.83. The standard InChI is InChI=1S/C15H16FN9/c1-8(13-17-5-10(16)6-18-13)21-14-19-7-20-15(23-14)22-12-4-11(24-25-12)9-2-3-9/h4-9H,2-3H2,1H3,(H3,19,20,21,22,23,24,25). The predicted molar refractivity (Wildman–Crippen MR) is 87.7 cm³/mol. The van der Waals surface area contributed by atoms with E-state index in [1.54, 1.807) is 0 Å². The second-order valence-corrected chi connectivity index (χ2v) is 5.87. The average molecular weight is 341 g/mol. The van der Waals surface area contributed by atoms with E-state index in [1.165, 1.54) is 19.2 Å². The molecule has 1 atom stereocenters. The zero-order chi connectivity index (χ0) is 17.2. The van der Waals surface area contributed by atoms with E-state index in [4.69, 9.17) is 0 Å². The largest absolute Gasteiger partial charge is 0.344 e. The van der Waals surface area contributed by atoms with Crippen LogP contribution < -0.4 is 10.6 Å². The fraction of sp³-hybridized carbons (Fsp3) is 0.333. The van der Waals surface area contributed by atoms with E-state index >= 15 is 0 Å². The number of H-pyrrole nitrogens is 1. The molecule has 9 nitrogen and oxygen atoms in total. The van der Waals surface area contributed by atoms with Gasteiger partial charge in [-0.15, -0.1) is 0 Å². The van der Waals surface area contributed by atoms with Crippen molar-refractivity contribution < 1.29 is 4.39 Å². The lowest BCUT2D eigenvalue weighted by Crippen LogP contribution is -2.13. The minimum Gasteiger partial charge on any atom is -0.344 e. The highest BCUT2D eigenvalue weighted by molar-refractivity contribution is 5.49. The molecule has 0 bridgehead atoms. The predicted octanol–water partition coefficient (Wildman–Crippen LogP) is 2.32. The smallest absolute Gasteiger partial charge is 0.233 e. The van der Waals surface area contributed by atoms with Gasteiger partial charge in [0, 0.05) is 17.7 Å². The van der Waals surface area contributed by atoms with Gasteiger partial charge in [-0.25, -0.2) is 24.3 Å². The lowest BCUT2D eigenvalue weighted by molar-refractivity contribution is 0.604. The van der Waals surface area contributed by atoms with Crippen LogP contribution in [0.2, 0.25) is 0 Å². The fourth-order valence-corrected chi connectivity index (χ4v) is 2.35. The molecule has 1 aliphatic carbocycles. The molecule has 25 heavy (non-hydrogen) atoms. The molecular formula is C15H16FN9. The molecule has 4 rings (SSSR count). The minimum atomic E-state index is -0.479. The molecule has 3 aromatic heterocycles. The summed E-state index contributed by atoms with van der Waals surface area (Å²) in [7, 11) is 0. The van der Waals surface area contributed by atoms with Crippen LogP contribution in [0.1, 0.15) is 43.2 Å². The molecule has 0 amide bonds. The molecule has 1 saturated carbocycles. The van der Waals surface area contributed by atoms with Crippen molar-refractivity contribution in [3.8, 4) is 0 Å². The van der Waals surface area contributed by atoms with Crippen molar-refractivity contribution in [2.45, 2.75) is 31.7 Å². The second-order valence-electron chi connectivity index (χ2n) is 5.87. The van der Waals surface area contributed by atoms with Gasteiger partial charge in [-0.1, -0.05) is 0 Å². The van der Waals surface area contributed by atoms with Crippen molar-refractivity contribution in [1.29, 1.82) is 0 Å². The molecule has 0 aromatic carbocycles. The first-order chi connectivity index (χ1) is 12.2. The molecule has 3 aromatic rings. The van der Waals surface area contributed by atoms with E-state index in [9.17, 15) is 4.39 Å². The Bertz CT molecular complexity index is 859. The third-order valence-corrected chi connectivity index (χ3v) is 3.80. The monoisotopic (exact) mass is 341 g/mol. The first kappa shape index (κ1) is 15.4. The molecule has 0 saturated heterocycles. The summed E-state index contributed by atoms with van der Waals surface area (Å²) in [5.41, 5.74) is 1.12. The number of aromatic amines is 1. The van der Waals surface area contributed by atoms with Crippen LogP contribution in [0.25, 0.3) is 0 Å². The Morgan fingerprint density at radius 1 is 1.16 bits per heavy atom. The molecule has 10 heteroatoms. The highest BCUT2D eigenvalue weighted by atomic mass is 19.1. The summed E-state index contributed by atoms with van der Waals surface area (Å²) in [5.74, 6) is 1.95. The van der Waals surface area contributed by atoms with Crippen LogP contribution in [0.5, 0.6) is 0 Å². The zero-order valence-corrected chi connectivity index (χ0v) is 13.4. The number of aromatic nitrogens is 7. The molecule has 0 spiro atoms. The summed E-state index contributed by atoms with van der Waals surface area (Å²) in [6.07, 6.45) is 6.03. The fourth-order valence-electron chi connectivity index (χ4n) is 2.35. The van der Waals surface area contributed by atoms with E-state index in [0.29, 0.717) is 29.5 Å². The maximum Gasteiger partial charge on any atom is 0.233 e. The summed E-state index contributed by atoms with van der Waals surface area (Å²) < 4.78 is 12.9. The molecular weight excluding hydrogens is 325 g/mol. The van der Waals surface area contributed by atoms with Gasteiger partial charge >= 0.3 is 0 Å². The highest BCUT2D eigenvalue weighted by Gasteiger charge is 2.25. The zero-order valence-electron chi connectivity index (χ0n) is 13.4. The van der Waals surface area contributed by atoms with Crippen LogP contribution in [0.3, 0.4) is 0 Å². The van der Waals surface area contributed by atoms with Gasteiger partial charge in [0.2, 0.25) is 11.9 Å². The van der Waals surface area contributed by atoms with Gasteiger partial charge in [0.1, 0.15) is 12.2 Å². The number of anilines is 3. The number of nitrogens with one attached hydrogen (secondary N) is 3. The first-order valence-electron chi connectivity index (χ1n) is 7.93. The topological polar surface area (TPSA) is 117 Å². The van der Waals surface area contributed by atoms with Gasteiger partial charge in [-0.2, -0.15) is 10.1 Å². The quantitative estimate of drug-likeness (QED) is 0.625. The minimum absolute atomic E-state index is 0.289. The SMILES string of the molecule is CC(Nc1ncnc(Nc2cc(C3CC3)[nH]n2)n1)c1ncc(F)cn1. The van der Waals surface area contributed by atoms with E-state index < -0.39 is 5.82 Å². The molecule has 128 valence electrons. The Hall–Kier alpha value is -3.17. The van der Waals surface area contributed by atoms with E-state index in [1.807, 2.05) is 13.0 Å². The van der Waals surface area contributed by atoms with Crippen molar-refractivity contribution in [2.24, 2.45) is 0 Å². The molecule has 3 N–H and O–H groups in total. The maximum atomic E-state index is 12.9. The Labute approximate surface area is 142 Å². The van der Waals surface area contributed by atoms with Crippen LogP contribution >= 0.6 is 0 Å². The molecule has 1 aliphatic rings. The number of hydrogen-bond acceptors (Lipinski definition) is 8. The van der Waals surface area contributed by atoms with Crippen molar-refractivity contribution >= 4 is 17.7 Å². The Morgan fingerprint density at radius 2 is 1.92 bits per heavy atom. The lowest BCUT2D eigenvalue weighted by Gasteiger charge is -2.12. The van der Waals surface area contributed by atoms with Gasteiger partial charge in [0.15, 0.2) is 11.6 Å². The van der Waals surface area contributed by atoms with Crippen molar-refractivity contribution in [3.05, 3.63) is 42.1 Å². The van der Waals surface area contributed by atoms with Gasteiger partial charge in [0.25, 0.3) is 0 Å². The first-order valence-corrected chi connectivity index (χ1v) is 7.93. The third-order valence-electron chi connectivity index (χ3n) is 3.80. The summed E-state index contributed by atoms with van der Waals surface area (Å²) >= 11 is 0. The van der Waals surface area contributed by atoms with Crippen molar-refractivity contribution in [3.63, 3.8) is 0 Å². The molecule has 3 heterocycles. The Balaban J connectivity index is 1.44. The lowest BCUT2D eigenvalue weighted by atomic mass is 10.3. The number of rotatable bonds is 6. The molecule has 0 radical (unpaired) electrons. The van der Waals surface area contributed by atoms with E-state index in [2.05, 4.69) is 45.8 Å². The molecule has 1 unspecified atom stereocenters. The van der Waals surface area contributed by atoms with Crippen LogP contribution in [-0.2, 0) is 0 Å². The maximum absolute atomic E-state index is 12.9. The van der Waals surface area contributed by atoms with Crippen LogP contribution in [-0.4, -0.2) is 35.1 Å². The van der Waals surface area contributed by atoms with Gasteiger partial charge in [-0.3, -0.25) is 5.10 Å². The summed E-state index contributed by atoms with van der Waals surface area (Å²) in [5, 5.41) is 13.3. The average Bonchev–Trinajstić information content (AvgIpc) is 3.36. The summed E-state index contributed by atoms with van der Waals surface area (Å²) in [6, 6.07) is 1.67. The number of halogens is 1. The molecule has 0 aliphatic heterocycles. The van der Waals surface area contributed by atoms with Gasteiger partial charge in [0.05, 0.1) is 18.4 Å². The van der Waals surface area contributed by atoms with Crippen LogP contribution in [0.4, 0.5) is 22.1 Å². The number of hydrogen-bond donors (Lipinski definition) is 3.